The number of carboxylic acids is 1. The molecular formula is C16H17NO2. The molecule has 2 aromatic carbocycles. The summed E-state index contributed by atoms with van der Waals surface area (Å²) in [5.41, 5.74) is 1.05. The Hall–Kier alpha value is -2.29. The number of nitrogens with zero attached hydrogens (tertiary/aromatic N) is 1. The van der Waals surface area contributed by atoms with Crippen molar-refractivity contribution in [3.8, 4) is 0 Å². The highest BCUT2D eigenvalue weighted by Gasteiger charge is 2.10. The Morgan fingerprint density at radius 2 is 1.95 bits per heavy atom. The fourth-order valence-corrected chi connectivity index (χ4v) is 2.18. The first kappa shape index (κ1) is 13.1. The molecule has 0 unspecified atom stereocenters. The zero-order valence-corrected chi connectivity index (χ0v) is 10.7. The van der Waals surface area contributed by atoms with Crippen molar-refractivity contribution < 1.29 is 9.90 Å². The van der Waals surface area contributed by atoms with Gasteiger partial charge in [0.05, 0.1) is 6.42 Å². The van der Waals surface area contributed by atoms with Crippen molar-refractivity contribution in [2.24, 2.45) is 0 Å². The van der Waals surface area contributed by atoms with Crippen molar-refractivity contribution in [2.75, 3.05) is 18.0 Å². The van der Waals surface area contributed by atoms with Crippen LogP contribution in [0.5, 0.6) is 0 Å². The molecule has 0 aliphatic rings. The van der Waals surface area contributed by atoms with Gasteiger partial charge in [0.2, 0.25) is 0 Å². The normalized spacial score (nSPS) is 10.3. The Balaban J connectivity index is 2.37. The molecule has 19 heavy (non-hydrogen) atoms. The summed E-state index contributed by atoms with van der Waals surface area (Å²) in [4.78, 5) is 12.8. The lowest BCUT2D eigenvalue weighted by Gasteiger charge is -2.24. The third-order valence-corrected chi connectivity index (χ3v) is 3.05. The quantitative estimate of drug-likeness (QED) is 0.805. The molecule has 0 atom stereocenters. The summed E-state index contributed by atoms with van der Waals surface area (Å²) in [6.45, 7) is 4.87. The molecule has 0 heterocycles. The van der Waals surface area contributed by atoms with Crippen LogP contribution in [-0.4, -0.2) is 24.2 Å². The van der Waals surface area contributed by atoms with Crippen LogP contribution >= 0.6 is 0 Å². The molecule has 0 saturated heterocycles. The Labute approximate surface area is 112 Å². The largest absolute Gasteiger partial charge is 0.481 e. The van der Waals surface area contributed by atoms with E-state index in [-0.39, 0.29) is 6.42 Å². The molecule has 0 aromatic heterocycles. The third-order valence-electron chi connectivity index (χ3n) is 3.05. The van der Waals surface area contributed by atoms with Crippen molar-refractivity contribution in [2.45, 2.75) is 6.42 Å². The number of rotatable bonds is 6. The average molecular weight is 255 g/mol. The molecular weight excluding hydrogens is 238 g/mol. The van der Waals surface area contributed by atoms with Crippen LogP contribution in [0.15, 0.2) is 55.1 Å². The van der Waals surface area contributed by atoms with E-state index < -0.39 is 5.97 Å². The first-order valence-electron chi connectivity index (χ1n) is 6.28. The number of hydrogen-bond donors (Lipinski definition) is 1. The maximum Gasteiger partial charge on any atom is 0.305 e. The Morgan fingerprint density at radius 1 is 1.21 bits per heavy atom. The van der Waals surface area contributed by atoms with E-state index in [9.17, 15) is 4.79 Å². The molecule has 0 fully saturated rings. The van der Waals surface area contributed by atoms with Gasteiger partial charge in [0, 0.05) is 24.2 Å². The van der Waals surface area contributed by atoms with E-state index in [1.54, 1.807) is 6.08 Å². The number of carbonyl (C=O) groups is 1. The smallest absolute Gasteiger partial charge is 0.305 e. The number of fused-ring (bicyclic) bond motifs is 1. The van der Waals surface area contributed by atoms with E-state index in [1.807, 2.05) is 29.2 Å². The van der Waals surface area contributed by atoms with Gasteiger partial charge in [-0.1, -0.05) is 42.5 Å². The van der Waals surface area contributed by atoms with Crippen molar-refractivity contribution in [3.05, 3.63) is 55.1 Å². The lowest BCUT2D eigenvalue weighted by molar-refractivity contribution is -0.136. The molecule has 0 bridgehead atoms. The third kappa shape index (κ3) is 3.13. The van der Waals surface area contributed by atoms with Gasteiger partial charge in [-0.05, 0) is 11.5 Å². The van der Waals surface area contributed by atoms with Crippen LogP contribution in [0.25, 0.3) is 10.8 Å². The van der Waals surface area contributed by atoms with Gasteiger partial charge >= 0.3 is 5.97 Å². The van der Waals surface area contributed by atoms with Crippen LogP contribution in [0.1, 0.15) is 6.42 Å². The molecule has 2 rings (SSSR count). The second-order valence-electron chi connectivity index (χ2n) is 4.38. The number of anilines is 1. The number of aliphatic carboxylic acids is 1. The first-order chi connectivity index (χ1) is 9.22. The van der Waals surface area contributed by atoms with Gasteiger partial charge in [-0.2, -0.15) is 0 Å². The number of hydrogen-bond acceptors (Lipinski definition) is 2. The van der Waals surface area contributed by atoms with E-state index in [0.717, 1.165) is 16.5 Å². The SMILES string of the molecule is C=CCN(CCC(=O)O)c1cccc2ccccc12. The van der Waals surface area contributed by atoms with Gasteiger partial charge in [0.25, 0.3) is 0 Å². The molecule has 2 aromatic rings. The average Bonchev–Trinajstić information content (AvgIpc) is 2.43. The molecule has 98 valence electrons. The second-order valence-corrected chi connectivity index (χ2v) is 4.38. The molecule has 0 amide bonds. The molecule has 0 aliphatic heterocycles. The summed E-state index contributed by atoms with van der Waals surface area (Å²) in [6, 6.07) is 14.2. The molecule has 0 radical (unpaired) electrons. The summed E-state index contributed by atoms with van der Waals surface area (Å²) >= 11 is 0. The van der Waals surface area contributed by atoms with Crippen LogP contribution in [0.2, 0.25) is 0 Å². The standard InChI is InChI=1S/C16H17NO2/c1-2-11-17(12-10-16(18)19)15-9-5-7-13-6-3-4-8-14(13)15/h2-9H,1,10-12H2,(H,18,19). The van der Waals surface area contributed by atoms with E-state index in [2.05, 4.69) is 24.8 Å². The monoisotopic (exact) mass is 255 g/mol. The lowest BCUT2D eigenvalue weighted by Crippen LogP contribution is -2.26. The number of benzene rings is 2. The van der Waals surface area contributed by atoms with Crippen molar-refractivity contribution in [1.29, 1.82) is 0 Å². The predicted molar refractivity (Wildman–Crippen MR) is 78.6 cm³/mol. The fourth-order valence-electron chi connectivity index (χ4n) is 2.18. The Kier molecular flexibility index (Phi) is 4.18. The van der Waals surface area contributed by atoms with Crippen LogP contribution in [-0.2, 0) is 4.79 Å². The fraction of sp³-hybridized carbons (Fsp3) is 0.188. The van der Waals surface area contributed by atoms with Gasteiger partial charge in [-0.25, -0.2) is 0 Å². The Morgan fingerprint density at radius 3 is 2.68 bits per heavy atom. The topological polar surface area (TPSA) is 40.5 Å². The number of carboxylic acid groups (broad SMARTS) is 1. The second kappa shape index (κ2) is 6.05. The Bertz CT molecular complexity index is 587. The first-order valence-corrected chi connectivity index (χ1v) is 6.28. The van der Waals surface area contributed by atoms with Crippen LogP contribution in [0.4, 0.5) is 5.69 Å². The molecule has 1 N–H and O–H groups in total. The molecule has 0 saturated carbocycles. The minimum Gasteiger partial charge on any atom is -0.481 e. The summed E-state index contributed by atoms with van der Waals surface area (Å²) < 4.78 is 0. The van der Waals surface area contributed by atoms with Gasteiger partial charge in [-0.3, -0.25) is 4.79 Å². The summed E-state index contributed by atoms with van der Waals surface area (Å²) in [7, 11) is 0. The summed E-state index contributed by atoms with van der Waals surface area (Å²) in [6.07, 6.45) is 1.92. The minimum absolute atomic E-state index is 0.122. The van der Waals surface area contributed by atoms with E-state index in [0.29, 0.717) is 13.1 Å². The zero-order valence-electron chi connectivity index (χ0n) is 10.7. The minimum atomic E-state index is -0.783. The molecule has 0 aliphatic carbocycles. The molecule has 3 heteroatoms. The highest BCUT2D eigenvalue weighted by molar-refractivity contribution is 5.94. The van der Waals surface area contributed by atoms with Crippen molar-refractivity contribution in [1.82, 2.24) is 0 Å². The highest BCUT2D eigenvalue weighted by atomic mass is 16.4. The van der Waals surface area contributed by atoms with Crippen molar-refractivity contribution in [3.63, 3.8) is 0 Å². The predicted octanol–water partition coefficient (Wildman–Crippen LogP) is 3.31. The highest BCUT2D eigenvalue weighted by Crippen LogP contribution is 2.26. The van der Waals surface area contributed by atoms with E-state index in [4.69, 9.17) is 5.11 Å². The zero-order chi connectivity index (χ0) is 13.7. The van der Waals surface area contributed by atoms with Gasteiger partial charge < -0.3 is 10.0 Å². The maximum absolute atomic E-state index is 10.8. The lowest BCUT2D eigenvalue weighted by atomic mass is 10.1. The van der Waals surface area contributed by atoms with Crippen LogP contribution < -0.4 is 4.90 Å². The van der Waals surface area contributed by atoms with Gasteiger partial charge in [0.1, 0.15) is 0 Å². The summed E-state index contributed by atoms with van der Waals surface area (Å²) in [5.74, 6) is -0.783. The van der Waals surface area contributed by atoms with E-state index in [1.165, 1.54) is 0 Å². The van der Waals surface area contributed by atoms with E-state index >= 15 is 0 Å². The van der Waals surface area contributed by atoms with Crippen LogP contribution in [0.3, 0.4) is 0 Å². The maximum atomic E-state index is 10.8. The van der Waals surface area contributed by atoms with Crippen LogP contribution in [0, 0.1) is 0 Å². The molecule has 3 nitrogen and oxygen atoms in total. The summed E-state index contributed by atoms with van der Waals surface area (Å²) in [5, 5.41) is 11.1. The van der Waals surface area contributed by atoms with Gasteiger partial charge in [-0.15, -0.1) is 6.58 Å². The van der Waals surface area contributed by atoms with Gasteiger partial charge in [0.15, 0.2) is 0 Å². The van der Waals surface area contributed by atoms with Crippen molar-refractivity contribution >= 4 is 22.4 Å². The molecule has 0 spiro atoms.